The van der Waals surface area contributed by atoms with Crippen molar-refractivity contribution in [3.63, 3.8) is 0 Å². The summed E-state index contributed by atoms with van der Waals surface area (Å²) in [4.78, 5) is 7.98. The number of nitrogens with one attached hydrogen (secondary N) is 1. The van der Waals surface area contributed by atoms with E-state index in [1.807, 2.05) is 6.07 Å². The van der Waals surface area contributed by atoms with Crippen LogP contribution in [0.1, 0.15) is 5.56 Å². The molecule has 2 rings (SSSR count). The molecule has 0 aromatic carbocycles. The van der Waals surface area contributed by atoms with Crippen molar-refractivity contribution < 1.29 is 0 Å². The van der Waals surface area contributed by atoms with Crippen LogP contribution in [-0.2, 0) is 6.54 Å². The molecule has 0 unspecified atom stereocenters. The maximum Gasteiger partial charge on any atom is 0.202 e. The lowest BCUT2D eigenvalue weighted by Gasteiger charge is -2.01. The predicted octanol–water partition coefficient (Wildman–Crippen LogP) is 1.13. The molecule has 0 saturated carbocycles. The maximum absolute atomic E-state index is 5.47. The fourth-order valence-corrected chi connectivity index (χ4v) is 1.39. The van der Waals surface area contributed by atoms with Gasteiger partial charge in [-0.05, 0) is 11.6 Å². The van der Waals surface area contributed by atoms with Crippen LogP contribution in [0, 0.1) is 0 Å². The minimum Gasteiger partial charge on any atom is -0.384 e. The highest BCUT2D eigenvalue weighted by atomic mass is 32.1. The van der Waals surface area contributed by atoms with E-state index >= 15 is 0 Å². The highest BCUT2D eigenvalue weighted by Gasteiger charge is 1.96. The Bertz CT molecular complexity index is 383. The first kappa shape index (κ1) is 8.89. The van der Waals surface area contributed by atoms with Gasteiger partial charge in [0.25, 0.3) is 0 Å². The molecule has 3 N–H and O–H groups in total. The maximum atomic E-state index is 5.47. The van der Waals surface area contributed by atoms with Gasteiger partial charge in [-0.25, -0.2) is 9.97 Å². The first-order valence-corrected chi connectivity index (χ1v) is 4.83. The quantitative estimate of drug-likeness (QED) is 0.788. The molecule has 0 fully saturated rings. The summed E-state index contributed by atoms with van der Waals surface area (Å²) in [7, 11) is 0. The number of nitrogen functional groups attached to an aromatic ring is 1. The number of rotatable bonds is 3. The van der Waals surface area contributed by atoms with Crippen molar-refractivity contribution in [3.8, 4) is 0 Å². The largest absolute Gasteiger partial charge is 0.384 e. The molecule has 0 bridgehead atoms. The second-order valence-electron chi connectivity index (χ2n) is 2.69. The zero-order valence-corrected chi connectivity index (χ0v) is 8.16. The van der Waals surface area contributed by atoms with Gasteiger partial charge in [0.1, 0.15) is 12.1 Å². The van der Waals surface area contributed by atoms with Gasteiger partial charge in [0.2, 0.25) is 5.13 Å². The van der Waals surface area contributed by atoms with Gasteiger partial charge >= 0.3 is 0 Å². The number of aromatic nitrogens is 3. The van der Waals surface area contributed by atoms with Crippen molar-refractivity contribution in [1.29, 1.82) is 0 Å². The van der Waals surface area contributed by atoms with E-state index in [1.54, 1.807) is 12.3 Å². The van der Waals surface area contributed by atoms with Gasteiger partial charge in [-0.3, -0.25) is 0 Å². The zero-order chi connectivity index (χ0) is 9.80. The second kappa shape index (κ2) is 4.01. The molecule has 0 atom stereocenters. The topological polar surface area (TPSA) is 76.7 Å². The van der Waals surface area contributed by atoms with Crippen molar-refractivity contribution in [1.82, 2.24) is 14.3 Å². The van der Waals surface area contributed by atoms with Crippen LogP contribution in [-0.4, -0.2) is 14.3 Å². The van der Waals surface area contributed by atoms with Crippen LogP contribution in [0.25, 0.3) is 0 Å². The highest BCUT2D eigenvalue weighted by molar-refractivity contribution is 7.09. The van der Waals surface area contributed by atoms with E-state index in [9.17, 15) is 0 Å². The van der Waals surface area contributed by atoms with Crippen molar-refractivity contribution in [2.45, 2.75) is 6.54 Å². The van der Waals surface area contributed by atoms with Crippen molar-refractivity contribution >= 4 is 22.5 Å². The number of pyridine rings is 1. The van der Waals surface area contributed by atoms with Gasteiger partial charge in [-0.2, -0.15) is 4.37 Å². The van der Waals surface area contributed by atoms with Gasteiger partial charge in [-0.1, -0.05) is 6.07 Å². The summed E-state index contributed by atoms with van der Waals surface area (Å²) in [5, 5.41) is 3.93. The summed E-state index contributed by atoms with van der Waals surface area (Å²) in [6.45, 7) is 0.683. The average molecular weight is 207 g/mol. The molecule has 6 heteroatoms. The molecule has 0 amide bonds. The third kappa shape index (κ3) is 2.17. The van der Waals surface area contributed by atoms with E-state index in [2.05, 4.69) is 19.7 Å². The minimum atomic E-state index is 0.532. The van der Waals surface area contributed by atoms with Crippen molar-refractivity contribution in [2.75, 3.05) is 11.1 Å². The third-order valence-corrected chi connectivity index (χ3v) is 2.28. The fraction of sp³-hybridized carbons (Fsp3) is 0.125. The molecule has 0 aliphatic carbocycles. The van der Waals surface area contributed by atoms with Crippen molar-refractivity contribution in [3.05, 3.63) is 30.2 Å². The molecule has 72 valence electrons. The predicted molar refractivity (Wildman–Crippen MR) is 55.9 cm³/mol. The molecular weight excluding hydrogens is 198 g/mol. The summed E-state index contributed by atoms with van der Waals surface area (Å²) >= 11 is 1.33. The SMILES string of the molecule is Nc1ccc(CNc2ncns2)cn1. The molecule has 5 nitrogen and oxygen atoms in total. The standard InChI is InChI=1S/C8H9N5S/c9-7-2-1-6(3-10-7)4-11-8-12-5-13-14-8/h1-3,5H,4H2,(H2,9,10)(H,11,12,13). The third-order valence-electron chi connectivity index (χ3n) is 1.65. The van der Waals surface area contributed by atoms with Gasteiger partial charge < -0.3 is 11.1 Å². The number of nitrogens with zero attached hydrogens (tertiary/aromatic N) is 3. The normalized spacial score (nSPS) is 10.0. The Morgan fingerprint density at radius 1 is 1.36 bits per heavy atom. The first-order valence-electron chi connectivity index (χ1n) is 4.05. The summed E-state index contributed by atoms with van der Waals surface area (Å²) < 4.78 is 3.88. The van der Waals surface area contributed by atoms with Gasteiger partial charge in [0.05, 0.1) is 0 Å². The zero-order valence-electron chi connectivity index (χ0n) is 7.34. The molecule has 2 heterocycles. The lowest BCUT2D eigenvalue weighted by Crippen LogP contribution is -2.00. The summed E-state index contributed by atoms with van der Waals surface area (Å²) in [5.41, 5.74) is 6.53. The van der Waals surface area contributed by atoms with E-state index in [1.165, 1.54) is 17.9 Å². The van der Waals surface area contributed by atoms with E-state index in [0.717, 1.165) is 10.7 Å². The molecule has 14 heavy (non-hydrogen) atoms. The van der Waals surface area contributed by atoms with Crippen LogP contribution in [0.4, 0.5) is 10.9 Å². The summed E-state index contributed by atoms with van der Waals surface area (Å²) in [5.74, 6) is 0.532. The van der Waals surface area contributed by atoms with E-state index < -0.39 is 0 Å². The Labute approximate surface area is 85.2 Å². The summed E-state index contributed by atoms with van der Waals surface area (Å²) in [6, 6.07) is 3.70. The monoisotopic (exact) mass is 207 g/mol. The van der Waals surface area contributed by atoms with Crippen LogP contribution in [0.3, 0.4) is 0 Å². The molecule has 0 saturated heterocycles. The number of nitrogens with two attached hydrogens (primary N) is 1. The molecule has 2 aromatic rings. The van der Waals surface area contributed by atoms with Crippen LogP contribution >= 0.6 is 11.5 Å². The first-order chi connectivity index (χ1) is 6.84. The molecule has 0 aliphatic rings. The number of hydrogen-bond acceptors (Lipinski definition) is 6. The molecule has 0 aliphatic heterocycles. The van der Waals surface area contributed by atoms with E-state index in [0.29, 0.717) is 12.4 Å². The average Bonchev–Trinajstić information content (AvgIpc) is 2.70. The Balaban J connectivity index is 1.95. The van der Waals surface area contributed by atoms with Gasteiger partial charge in [-0.15, -0.1) is 0 Å². The van der Waals surface area contributed by atoms with Crippen LogP contribution in [0.15, 0.2) is 24.7 Å². The molecule has 0 radical (unpaired) electrons. The van der Waals surface area contributed by atoms with Crippen LogP contribution in [0.2, 0.25) is 0 Å². The minimum absolute atomic E-state index is 0.532. The molecular formula is C8H9N5S. The van der Waals surface area contributed by atoms with E-state index in [4.69, 9.17) is 5.73 Å². The van der Waals surface area contributed by atoms with Crippen LogP contribution < -0.4 is 11.1 Å². The highest BCUT2D eigenvalue weighted by Crippen LogP contribution is 2.09. The van der Waals surface area contributed by atoms with Gasteiger partial charge in [0.15, 0.2) is 0 Å². The Kier molecular flexibility index (Phi) is 2.55. The number of anilines is 2. The number of hydrogen-bond donors (Lipinski definition) is 2. The van der Waals surface area contributed by atoms with Gasteiger partial charge in [0, 0.05) is 24.3 Å². The molecule has 2 aromatic heterocycles. The smallest absolute Gasteiger partial charge is 0.202 e. The van der Waals surface area contributed by atoms with Crippen molar-refractivity contribution in [2.24, 2.45) is 0 Å². The second-order valence-corrected chi connectivity index (χ2v) is 3.47. The Morgan fingerprint density at radius 2 is 2.29 bits per heavy atom. The molecule has 0 spiro atoms. The summed E-state index contributed by atoms with van der Waals surface area (Å²) in [6.07, 6.45) is 3.26. The van der Waals surface area contributed by atoms with Crippen LogP contribution in [0.5, 0.6) is 0 Å². The fourth-order valence-electron chi connectivity index (χ4n) is 0.969. The Morgan fingerprint density at radius 3 is 2.93 bits per heavy atom. The van der Waals surface area contributed by atoms with E-state index in [-0.39, 0.29) is 0 Å². The lowest BCUT2D eigenvalue weighted by atomic mass is 10.3. The lowest BCUT2D eigenvalue weighted by molar-refractivity contribution is 1.10. The Hall–Kier alpha value is -1.69.